The van der Waals surface area contributed by atoms with Crippen molar-refractivity contribution in [2.75, 3.05) is 20.3 Å². The molecule has 2 aromatic rings. The average molecular weight is 346 g/mol. The first-order valence-corrected chi connectivity index (χ1v) is 8.22. The predicted octanol–water partition coefficient (Wildman–Crippen LogP) is 3.14. The molecular weight excluding hydrogens is 326 g/mol. The zero-order valence-corrected chi connectivity index (χ0v) is 14.0. The Labute approximate surface area is 145 Å². The first-order valence-electron chi connectivity index (χ1n) is 8.22. The molecule has 4 nitrogen and oxygen atoms in total. The second kappa shape index (κ2) is 7.70. The summed E-state index contributed by atoms with van der Waals surface area (Å²) >= 11 is 0. The summed E-state index contributed by atoms with van der Waals surface area (Å²) in [6.45, 7) is 1.25. The Morgan fingerprint density at radius 2 is 2.16 bits per heavy atom. The Kier molecular flexibility index (Phi) is 5.38. The van der Waals surface area contributed by atoms with Crippen LogP contribution in [0.1, 0.15) is 23.6 Å². The van der Waals surface area contributed by atoms with Crippen molar-refractivity contribution in [3.8, 4) is 0 Å². The highest BCUT2D eigenvalue weighted by molar-refractivity contribution is 5.83. The fraction of sp³-hybridized carbons (Fsp3) is 0.368. The summed E-state index contributed by atoms with van der Waals surface area (Å²) in [5.74, 6) is -1.71. The fourth-order valence-corrected chi connectivity index (χ4v) is 3.00. The molecule has 1 aromatic carbocycles. The first kappa shape index (κ1) is 17.5. The van der Waals surface area contributed by atoms with Crippen LogP contribution in [0.25, 0.3) is 0 Å². The van der Waals surface area contributed by atoms with Gasteiger partial charge >= 0.3 is 0 Å². The number of rotatable bonds is 7. The van der Waals surface area contributed by atoms with E-state index < -0.39 is 11.6 Å². The Hall–Kier alpha value is -2.34. The molecule has 25 heavy (non-hydrogen) atoms. The molecule has 0 N–H and O–H groups in total. The second-order valence-corrected chi connectivity index (χ2v) is 6.19. The van der Waals surface area contributed by atoms with Gasteiger partial charge in [0.1, 0.15) is 11.6 Å². The predicted molar refractivity (Wildman–Crippen MR) is 88.7 cm³/mol. The molecule has 2 atom stereocenters. The average Bonchev–Trinajstić information content (AvgIpc) is 3.39. The molecule has 3 rings (SSSR count). The smallest absolute Gasteiger partial charge is 0.226 e. The molecule has 0 bridgehead atoms. The molecule has 132 valence electrons. The molecule has 0 radical (unpaired) electrons. The summed E-state index contributed by atoms with van der Waals surface area (Å²) in [6.07, 6.45) is 2.26. The van der Waals surface area contributed by atoms with Gasteiger partial charge < -0.3 is 9.64 Å². The van der Waals surface area contributed by atoms with Crippen molar-refractivity contribution in [2.45, 2.75) is 18.9 Å². The van der Waals surface area contributed by atoms with Crippen LogP contribution >= 0.6 is 0 Å². The third-order valence-corrected chi connectivity index (χ3v) is 4.43. The summed E-state index contributed by atoms with van der Waals surface area (Å²) in [4.78, 5) is 18.8. The van der Waals surface area contributed by atoms with E-state index in [0.717, 1.165) is 11.8 Å². The summed E-state index contributed by atoms with van der Waals surface area (Å²) in [5.41, 5.74) is 1.20. The lowest BCUT2D eigenvalue weighted by atomic mass is 10.1. The van der Waals surface area contributed by atoms with Crippen molar-refractivity contribution in [2.24, 2.45) is 5.92 Å². The van der Waals surface area contributed by atoms with Gasteiger partial charge in [0, 0.05) is 31.8 Å². The van der Waals surface area contributed by atoms with Gasteiger partial charge in [-0.3, -0.25) is 9.78 Å². The van der Waals surface area contributed by atoms with E-state index in [1.165, 1.54) is 12.1 Å². The number of aromatic nitrogens is 1. The van der Waals surface area contributed by atoms with E-state index in [0.29, 0.717) is 31.7 Å². The molecule has 1 aliphatic rings. The molecule has 1 heterocycles. The lowest BCUT2D eigenvalue weighted by Gasteiger charge is -2.22. The van der Waals surface area contributed by atoms with Crippen LogP contribution in [-0.4, -0.2) is 36.1 Å². The van der Waals surface area contributed by atoms with Gasteiger partial charge in [0.25, 0.3) is 0 Å². The lowest BCUT2D eigenvalue weighted by Crippen LogP contribution is -2.35. The molecule has 2 unspecified atom stereocenters. The number of nitrogens with zero attached hydrogens (tertiary/aromatic N) is 2. The minimum atomic E-state index is -0.610. The minimum absolute atomic E-state index is 0.0450. The SMILES string of the molecule is COCCN(Cc1ccccn1)C(=O)C1CC1c1ccc(F)cc1F. The standard InChI is InChI=1S/C19H20F2N2O2/c1-25-9-8-23(12-14-4-2-3-7-22-14)19(24)17-11-16(17)15-6-5-13(20)10-18(15)21/h2-7,10,16-17H,8-9,11-12H2,1H3. The summed E-state index contributed by atoms with van der Waals surface area (Å²) < 4.78 is 32.1. The number of hydrogen-bond acceptors (Lipinski definition) is 3. The van der Waals surface area contributed by atoms with E-state index in [1.54, 1.807) is 18.2 Å². The van der Waals surface area contributed by atoms with E-state index in [9.17, 15) is 13.6 Å². The fourth-order valence-electron chi connectivity index (χ4n) is 3.00. The Morgan fingerprint density at radius 1 is 1.32 bits per heavy atom. The number of halogens is 2. The maximum Gasteiger partial charge on any atom is 0.226 e. The Morgan fingerprint density at radius 3 is 2.84 bits per heavy atom. The van der Waals surface area contributed by atoms with Crippen LogP contribution in [0.3, 0.4) is 0 Å². The summed E-state index contributed by atoms with van der Waals surface area (Å²) in [6, 6.07) is 9.08. The van der Waals surface area contributed by atoms with Gasteiger partial charge in [0.15, 0.2) is 0 Å². The third-order valence-electron chi connectivity index (χ3n) is 4.43. The van der Waals surface area contributed by atoms with Crippen molar-refractivity contribution >= 4 is 5.91 Å². The van der Waals surface area contributed by atoms with Crippen LogP contribution in [-0.2, 0) is 16.1 Å². The van der Waals surface area contributed by atoms with E-state index >= 15 is 0 Å². The van der Waals surface area contributed by atoms with Crippen molar-refractivity contribution in [3.05, 3.63) is 65.5 Å². The highest BCUT2D eigenvalue weighted by Crippen LogP contribution is 2.49. The number of pyridine rings is 1. The van der Waals surface area contributed by atoms with Crippen LogP contribution in [0.15, 0.2) is 42.6 Å². The van der Waals surface area contributed by atoms with E-state index in [-0.39, 0.29) is 17.7 Å². The molecule has 0 spiro atoms. The van der Waals surface area contributed by atoms with Crippen molar-refractivity contribution < 1.29 is 18.3 Å². The molecular formula is C19H20F2N2O2. The molecule has 0 saturated heterocycles. The van der Waals surface area contributed by atoms with Gasteiger partial charge in [-0.25, -0.2) is 8.78 Å². The van der Waals surface area contributed by atoms with Crippen molar-refractivity contribution in [1.29, 1.82) is 0 Å². The molecule has 1 fully saturated rings. The van der Waals surface area contributed by atoms with Crippen molar-refractivity contribution in [1.82, 2.24) is 9.88 Å². The van der Waals surface area contributed by atoms with Gasteiger partial charge in [-0.1, -0.05) is 12.1 Å². The summed E-state index contributed by atoms with van der Waals surface area (Å²) in [5, 5.41) is 0. The number of carbonyl (C=O) groups excluding carboxylic acids is 1. The van der Waals surface area contributed by atoms with Gasteiger partial charge in [-0.15, -0.1) is 0 Å². The second-order valence-electron chi connectivity index (χ2n) is 6.19. The number of amides is 1. The number of methoxy groups -OCH3 is 1. The number of hydrogen-bond donors (Lipinski definition) is 0. The maximum atomic E-state index is 13.9. The van der Waals surface area contributed by atoms with Crippen LogP contribution < -0.4 is 0 Å². The molecule has 1 saturated carbocycles. The highest BCUT2D eigenvalue weighted by atomic mass is 19.1. The topological polar surface area (TPSA) is 42.4 Å². The van der Waals surface area contributed by atoms with Crippen LogP contribution in [0.5, 0.6) is 0 Å². The Balaban J connectivity index is 1.70. The first-order chi connectivity index (χ1) is 12.1. The zero-order valence-electron chi connectivity index (χ0n) is 14.0. The monoisotopic (exact) mass is 346 g/mol. The molecule has 1 aliphatic carbocycles. The lowest BCUT2D eigenvalue weighted by molar-refractivity contribution is -0.134. The largest absolute Gasteiger partial charge is 0.383 e. The van der Waals surface area contributed by atoms with Gasteiger partial charge in [0.2, 0.25) is 5.91 Å². The van der Waals surface area contributed by atoms with E-state index in [2.05, 4.69) is 4.98 Å². The van der Waals surface area contributed by atoms with Gasteiger partial charge in [-0.05, 0) is 36.1 Å². The number of benzene rings is 1. The van der Waals surface area contributed by atoms with Crippen molar-refractivity contribution in [3.63, 3.8) is 0 Å². The normalized spacial score (nSPS) is 18.8. The van der Waals surface area contributed by atoms with Gasteiger partial charge in [-0.2, -0.15) is 0 Å². The summed E-state index contributed by atoms with van der Waals surface area (Å²) in [7, 11) is 1.58. The quantitative estimate of drug-likeness (QED) is 0.773. The molecule has 0 aliphatic heterocycles. The van der Waals surface area contributed by atoms with Crippen LogP contribution in [0.2, 0.25) is 0 Å². The zero-order chi connectivity index (χ0) is 17.8. The number of carbonyl (C=O) groups is 1. The van der Waals surface area contributed by atoms with E-state index in [4.69, 9.17) is 4.74 Å². The highest BCUT2D eigenvalue weighted by Gasteiger charge is 2.46. The van der Waals surface area contributed by atoms with Crippen LogP contribution in [0.4, 0.5) is 8.78 Å². The van der Waals surface area contributed by atoms with Crippen LogP contribution in [0, 0.1) is 17.6 Å². The third kappa shape index (κ3) is 4.20. The van der Waals surface area contributed by atoms with E-state index in [1.807, 2.05) is 18.2 Å². The minimum Gasteiger partial charge on any atom is -0.383 e. The number of ether oxygens (including phenoxy) is 1. The Bertz CT molecular complexity index is 739. The molecule has 6 heteroatoms. The maximum absolute atomic E-state index is 13.9. The van der Waals surface area contributed by atoms with Gasteiger partial charge in [0.05, 0.1) is 18.8 Å². The molecule has 1 amide bonds. The molecule has 1 aromatic heterocycles.